The topological polar surface area (TPSA) is 64.2 Å². The highest BCUT2D eigenvalue weighted by Gasteiger charge is 2.52. The summed E-state index contributed by atoms with van der Waals surface area (Å²) >= 11 is 0. The van der Waals surface area contributed by atoms with Gasteiger partial charge < -0.3 is 9.31 Å². The molecule has 1 aromatic carbocycles. The molecule has 0 radical (unpaired) electrons. The first-order valence-electron chi connectivity index (χ1n) is 7.83. The van der Waals surface area contributed by atoms with Crippen molar-refractivity contribution in [2.75, 3.05) is 0 Å². The van der Waals surface area contributed by atoms with E-state index < -0.39 is 18.3 Å². The average molecular weight is 322 g/mol. The van der Waals surface area contributed by atoms with Crippen LogP contribution in [0.3, 0.4) is 0 Å². The van der Waals surface area contributed by atoms with E-state index in [1.54, 1.807) is 36.5 Å². The maximum absolute atomic E-state index is 12.0. The summed E-state index contributed by atoms with van der Waals surface area (Å²) in [6, 6.07) is 12.4. The summed E-state index contributed by atoms with van der Waals surface area (Å²) in [6.07, 6.45) is 1.67. The van der Waals surface area contributed by atoms with Crippen LogP contribution in [0.1, 0.15) is 33.3 Å². The van der Waals surface area contributed by atoms with Gasteiger partial charge in [-0.3, -0.25) is 9.36 Å². The number of nitriles is 1. The summed E-state index contributed by atoms with van der Waals surface area (Å²) in [4.78, 5) is 12.0. The van der Waals surface area contributed by atoms with E-state index in [4.69, 9.17) is 9.31 Å². The Labute approximate surface area is 141 Å². The lowest BCUT2D eigenvalue weighted by molar-refractivity contribution is 0.00578. The number of rotatable bonds is 2. The highest BCUT2D eigenvalue weighted by atomic mass is 16.7. The van der Waals surface area contributed by atoms with Gasteiger partial charge in [0.2, 0.25) is 0 Å². The van der Waals surface area contributed by atoms with Gasteiger partial charge in [-0.1, -0.05) is 12.1 Å². The second-order valence-electron chi connectivity index (χ2n) is 6.88. The molecule has 24 heavy (non-hydrogen) atoms. The Hall–Kier alpha value is -2.36. The summed E-state index contributed by atoms with van der Waals surface area (Å²) in [7, 11) is -0.605. The lowest BCUT2D eigenvalue weighted by Crippen LogP contribution is -2.41. The molecule has 0 saturated carbocycles. The smallest absolute Gasteiger partial charge is 0.399 e. The third-order valence-electron chi connectivity index (χ3n) is 4.77. The van der Waals surface area contributed by atoms with Crippen molar-refractivity contribution in [2.24, 2.45) is 0 Å². The van der Waals surface area contributed by atoms with Gasteiger partial charge in [-0.05, 0) is 45.9 Å². The molecule has 2 heterocycles. The van der Waals surface area contributed by atoms with Gasteiger partial charge in [0.05, 0.1) is 22.8 Å². The average Bonchev–Trinajstić information content (AvgIpc) is 2.75. The maximum atomic E-state index is 12.0. The Morgan fingerprint density at radius 2 is 1.75 bits per heavy atom. The molecule has 0 amide bonds. The van der Waals surface area contributed by atoms with Crippen molar-refractivity contribution in [1.29, 1.82) is 5.26 Å². The van der Waals surface area contributed by atoms with Crippen LogP contribution >= 0.6 is 0 Å². The van der Waals surface area contributed by atoms with Crippen LogP contribution in [0.25, 0.3) is 5.69 Å². The van der Waals surface area contributed by atoms with Crippen LogP contribution in [0.2, 0.25) is 0 Å². The molecule has 6 heteroatoms. The Balaban J connectivity index is 2.02. The maximum Gasteiger partial charge on any atom is 0.496 e. The van der Waals surface area contributed by atoms with Crippen molar-refractivity contribution >= 4 is 12.6 Å². The number of hydrogen-bond donors (Lipinski definition) is 0. The van der Waals surface area contributed by atoms with E-state index >= 15 is 0 Å². The SMILES string of the molecule is CC1(C)OB(c2ccc(-n3ccccc3=O)cc2C#N)OC1(C)C. The fourth-order valence-electron chi connectivity index (χ4n) is 2.61. The molecule has 0 atom stereocenters. The van der Waals surface area contributed by atoms with E-state index in [9.17, 15) is 10.1 Å². The zero-order chi connectivity index (χ0) is 17.5. The van der Waals surface area contributed by atoms with Crippen molar-refractivity contribution < 1.29 is 9.31 Å². The molecule has 1 fully saturated rings. The van der Waals surface area contributed by atoms with Crippen LogP contribution in [0, 0.1) is 11.3 Å². The molecule has 0 bridgehead atoms. The summed E-state index contributed by atoms with van der Waals surface area (Å²) < 4.78 is 13.5. The molecule has 1 aromatic heterocycles. The third kappa shape index (κ3) is 2.66. The normalized spacial score (nSPS) is 18.4. The van der Waals surface area contributed by atoms with E-state index in [1.807, 2.05) is 27.7 Å². The van der Waals surface area contributed by atoms with E-state index in [-0.39, 0.29) is 5.56 Å². The number of benzene rings is 1. The van der Waals surface area contributed by atoms with Crippen LogP contribution in [-0.2, 0) is 9.31 Å². The predicted molar refractivity (Wildman–Crippen MR) is 92.5 cm³/mol. The van der Waals surface area contributed by atoms with Gasteiger partial charge in [0.15, 0.2) is 0 Å². The number of nitrogens with zero attached hydrogens (tertiary/aromatic N) is 2. The minimum absolute atomic E-state index is 0.148. The molecule has 0 spiro atoms. The largest absolute Gasteiger partial charge is 0.496 e. The fourth-order valence-corrected chi connectivity index (χ4v) is 2.61. The van der Waals surface area contributed by atoms with Gasteiger partial charge in [0.1, 0.15) is 0 Å². The van der Waals surface area contributed by atoms with Crippen molar-refractivity contribution in [3.05, 3.63) is 58.5 Å². The standard InChI is InChI=1S/C18H19BN2O3/c1-17(2)18(3,4)24-19(23-17)15-9-8-14(11-13(15)12-20)21-10-6-5-7-16(21)22/h5-11H,1-4H3. The molecular weight excluding hydrogens is 303 g/mol. The fraction of sp³-hybridized carbons (Fsp3) is 0.333. The molecule has 1 saturated heterocycles. The summed E-state index contributed by atoms with van der Waals surface area (Å²) in [6.45, 7) is 7.88. The summed E-state index contributed by atoms with van der Waals surface area (Å²) in [5.41, 5.74) is 0.645. The van der Waals surface area contributed by atoms with Crippen LogP contribution in [-0.4, -0.2) is 22.9 Å². The van der Waals surface area contributed by atoms with E-state index in [2.05, 4.69) is 6.07 Å². The zero-order valence-electron chi connectivity index (χ0n) is 14.2. The highest BCUT2D eigenvalue weighted by molar-refractivity contribution is 6.62. The van der Waals surface area contributed by atoms with E-state index in [1.165, 1.54) is 10.6 Å². The Morgan fingerprint density at radius 3 is 2.33 bits per heavy atom. The first-order valence-corrected chi connectivity index (χ1v) is 7.83. The lowest BCUT2D eigenvalue weighted by atomic mass is 9.76. The molecule has 122 valence electrons. The third-order valence-corrected chi connectivity index (χ3v) is 4.77. The van der Waals surface area contributed by atoms with Crippen molar-refractivity contribution in [3.63, 3.8) is 0 Å². The number of aromatic nitrogens is 1. The molecule has 1 aliphatic heterocycles. The monoisotopic (exact) mass is 322 g/mol. The van der Waals surface area contributed by atoms with Crippen LogP contribution in [0.4, 0.5) is 0 Å². The molecule has 0 aliphatic carbocycles. The van der Waals surface area contributed by atoms with E-state index in [0.29, 0.717) is 16.7 Å². The van der Waals surface area contributed by atoms with Gasteiger partial charge >= 0.3 is 7.12 Å². The molecule has 1 aliphatic rings. The van der Waals surface area contributed by atoms with Crippen LogP contribution < -0.4 is 11.0 Å². The van der Waals surface area contributed by atoms with Crippen molar-refractivity contribution in [2.45, 2.75) is 38.9 Å². The van der Waals surface area contributed by atoms with E-state index in [0.717, 1.165) is 0 Å². The lowest BCUT2D eigenvalue weighted by Gasteiger charge is -2.32. The zero-order valence-corrected chi connectivity index (χ0v) is 14.2. The van der Waals surface area contributed by atoms with Gasteiger partial charge in [0, 0.05) is 23.4 Å². The minimum atomic E-state index is -0.605. The first kappa shape index (κ1) is 16.5. The number of hydrogen-bond acceptors (Lipinski definition) is 4. The summed E-state index contributed by atoms with van der Waals surface area (Å²) in [5.74, 6) is 0. The van der Waals surface area contributed by atoms with Crippen LogP contribution in [0.15, 0.2) is 47.4 Å². The van der Waals surface area contributed by atoms with Gasteiger partial charge in [0.25, 0.3) is 5.56 Å². The Bertz CT molecular complexity index is 864. The Morgan fingerprint density at radius 1 is 1.08 bits per heavy atom. The molecule has 3 rings (SSSR count). The molecular formula is C18H19BN2O3. The second-order valence-corrected chi connectivity index (χ2v) is 6.88. The predicted octanol–water partition coefficient (Wildman–Crippen LogP) is 2.01. The summed E-state index contributed by atoms with van der Waals surface area (Å²) in [5, 5.41) is 9.53. The van der Waals surface area contributed by atoms with Gasteiger partial charge in [-0.15, -0.1) is 0 Å². The quantitative estimate of drug-likeness (QED) is 0.794. The van der Waals surface area contributed by atoms with Crippen LogP contribution in [0.5, 0.6) is 0 Å². The highest BCUT2D eigenvalue weighted by Crippen LogP contribution is 2.36. The van der Waals surface area contributed by atoms with Crippen molar-refractivity contribution in [1.82, 2.24) is 4.57 Å². The van der Waals surface area contributed by atoms with Crippen molar-refractivity contribution in [3.8, 4) is 11.8 Å². The minimum Gasteiger partial charge on any atom is -0.399 e. The van der Waals surface area contributed by atoms with Gasteiger partial charge in [-0.25, -0.2) is 0 Å². The number of pyridine rings is 1. The molecule has 2 aromatic rings. The Kier molecular flexibility index (Phi) is 3.87. The van der Waals surface area contributed by atoms with Gasteiger partial charge in [-0.2, -0.15) is 5.26 Å². The molecule has 0 N–H and O–H groups in total. The second kappa shape index (κ2) is 5.62. The molecule has 0 unspecified atom stereocenters. The first-order chi connectivity index (χ1) is 11.2. The molecule has 5 nitrogen and oxygen atoms in total.